The number of carbonyl (C=O) groups is 1. The Bertz CT molecular complexity index is 774. The number of ether oxygens (including phenoxy) is 1. The minimum absolute atomic E-state index is 0.252. The average Bonchev–Trinajstić information content (AvgIpc) is 2.42. The average molecular weight is 310 g/mol. The molecule has 1 heterocycles. The molecule has 1 aromatic heterocycles. The maximum atomic E-state index is 12.1. The molecule has 1 N–H and O–H groups in total. The molecule has 8 heteroatoms. The Morgan fingerprint density at radius 1 is 1.38 bits per heavy atom. The van der Waals surface area contributed by atoms with Gasteiger partial charge in [0.15, 0.2) is 6.54 Å². The van der Waals surface area contributed by atoms with E-state index in [4.69, 9.17) is 4.74 Å². The zero-order valence-electron chi connectivity index (χ0n) is 11.7. The van der Waals surface area contributed by atoms with Gasteiger partial charge in [-0.2, -0.15) is 0 Å². The Labute approximate surface area is 122 Å². The van der Waals surface area contributed by atoms with E-state index in [1.165, 1.54) is 6.20 Å². The molecule has 21 heavy (non-hydrogen) atoms. The first kappa shape index (κ1) is 15.3. The molecule has 0 bridgehead atoms. The minimum Gasteiger partial charge on any atom is -0.378 e. The topological polar surface area (TPSA) is 89.2 Å². The Morgan fingerprint density at radius 2 is 2.10 bits per heavy atom. The van der Waals surface area contributed by atoms with Gasteiger partial charge in [0, 0.05) is 17.6 Å². The Kier molecular flexibility index (Phi) is 4.49. The lowest BCUT2D eigenvalue weighted by Gasteiger charge is -2.05. The summed E-state index contributed by atoms with van der Waals surface area (Å²) in [6.07, 6.45) is 2.45. The fourth-order valence-corrected chi connectivity index (χ4v) is 2.32. The van der Waals surface area contributed by atoms with E-state index in [2.05, 4.69) is 5.10 Å². The van der Waals surface area contributed by atoms with Crippen LogP contribution in [0, 0.1) is 0 Å². The van der Waals surface area contributed by atoms with Crippen molar-refractivity contribution in [1.82, 2.24) is 9.82 Å². The maximum Gasteiger partial charge on any atom is 0.271 e. The van der Waals surface area contributed by atoms with Gasteiger partial charge in [0.1, 0.15) is 17.7 Å². The van der Waals surface area contributed by atoms with Gasteiger partial charge in [-0.1, -0.05) is 22.9 Å². The quantitative estimate of drug-likeness (QED) is 0.776. The zero-order valence-corrected chi connectivity index (χ0v) is 12.6. The Morgan fingerprint density at radius 3 is 2.76 bits per heavy atom. The van der Waals surface area contributed by atoms with Crippen LogP contribution in [0.4, 0.5) is 0 Å². The number of amides is 1. The van der Waals surface area contributed by atoms with Gasteiger partial charge in [-0.05, 0) is 6.07 Å². The first-order valence-corrected chi connectivity index (χ1v) is 8.10. The highest BCUT2D eigenvalue weighted by molar-refractivity contribution is 7.89. The number of fused-ring (bicyclic) bond motifs is 1. The monoisotopic (exact) mass is 310 g/mol. The van der Waals surface area contributed by atoms with Crippen LogP contribution in [0.3, 0.4) is 0 Å². The molecule has 1 amide bonds. The number of hydrogen-bond donors (Lipinski definition) is 1. The van der Waals surface area contributed by atoms with E-state index >= 15 is 0 Å². The fraction of sp³-hybridized carbons (Fsp3) is 0.308. The van der Waals surface area contributed by atoms with Gasteiger partial charge in [0.05, 0.1) is 6.26 Å². The molecule has 0 saturated carbocycles. The third kappa shape index (κ3) is 3.96. The molecule has 0 atom stereocenters. The lowest BCUT2D eigenvalue weighted by atomic mass is 10.1. The minimum atomic E-state index is -3.62. The number of nitrogens with one attached hydrogen (secondary N) is 1. The van der Waals surface area contributed by atoms with Gasteiger partial charge in [-0.25, -0.2) is 13.1 Å². The first-order chi connectivity index (χ1) is 9.90. The van der Waals surface area contributed by atoms with Crippen LogP contribution in [0.5, 0.6) is 0 Å². The van der Waals surface area contributed by atoms with E-state index in [1.54, 1.807) is 36.1 Å². The number of carbonyl (C=O) groups excluding carboxylic acids is 1. The predicted octanol–water partition coefficient (Wildman–Crippen LogP) is -0.142. The number of benzene rings is 1. The van der Waals surface area contributed by atoms with Crippen molar-refractivity contribution in [1.29, 1.82) is 0 Å². The predicted molar refractivity (Wildman–Crippen MR) is 76.1 cm³/mol. The van der Waals surface area contributed by atoms with Gasteiger partial charge in [-0.15, -0.1) is 0 Å². The molecule has 1 aromatic carbocycles. The molecule has 0 aliphatic rings. The Balaban J connectivity index is 2.51. The highest BCUT2D eigenvalue weighted by Crippen LogP contribution is 2.14. The normalized spacial score (nSPS) is 11.5. The van der Waals surface area contributed by atoms with Gasteiger partial charge in [0.25, 0.3) is 5.91 Å². The highest BCUT2D eigenvalue weighted by atomic mass is 32.2. The van der Waals surface area contributed by atoms with Crippen molar-refractivity contribution in [3.05, 3.63) is 36.0 Å². The van der Waals surface area contributed by atoms with E-state index in [0.29, 0.717) is 24.1 Å². The zero-order chi connectivity index (χ0) is 15.5. The summed E-state index contributed by atoms with van der Waals surface area (Å²) in [7, 11) is -2.06. The summed E-state index contributed by atoms with van der Waals surface area (Å²) in [5.74, 6) is -0.678. The summed E-state index contributed by atoms with van der Waals surface area (Å²) in [4.78, 5) is 12.1. The van der Waals surface area contributed by atoms with Crippen molar-refractivity contribution in [2.24, 2.45) is 0 Å². The van der Waals surface area contributed by atoms with Crippen LogP contribution in [0.15, 0.2) is 30.5 Å². The van der Waals surface area contributed by atoms with Gasteiger partial charge < -0.3 is 4.74 Å². The maximum absolute atomic E-state index is 12.1. The van der Waals surface area contributed by atoms with Crippen molar-refractivity contribution in [3.8, 4) is 0 Å². The molecule has 112 valence electrons. The third-order valence-corrected chi connectivity index (χ3v) is 3.31. The van der Waals surface area contributed by atoms with Crippen LogP contribution in [0.2, 0.25) is 0 Å². The van der Waals surface area contributed by atoms with Crippen LogP contribution in [0.25, 0.3) is 10.9 Å². The summed E-state index contributed by atoms with van der Waals surface area (Å²) >= 11 is 0. The lowest BCUT2D eigenvalue weighted by molar-refractivity contribution is -0.752. The summed E-state index contributed by atoms with van der Waals surface area (Å²) in [5, 5.41) is 4.95. The molecular formula is C13H16N3O4S+. The number of aromatic nitrogens is 2. The number of nitrogens with zero attached hydrogens (tertiary/aromatic N) is 2. The van der Waals surface area contributed by atoms with Crippen LogP contribution in [-0.2, 0) is 21.3 Å². The molecule has 2 rings (SSSR count). The lowest BCUT2D eigenvalue weighted by Crippen LogP contribution is -2.42. The van der Waals surface area contributed by atoms with Gasteiger partial charge in [-0.3, -0.25) is 4.79 Å². The molecule has 0 saturated heterocycles. The van der Waals surface area contributed by atoms with E-state index in [9.17, 15) is 13.2 Å². The van der Waals surface area contributed by atoms with Crippen molar-refractivity contribution < 1.29 is 22.6 Å². The van der Waals surface area contributed by atoms with E-state index in [1.807, 2.05) is 4.72 Å². The highest BCUT2D eigenvalue weighted by Gasteiger charge is 2.20. The first-order valence-electron chi connectivity index (χ1n) is 6.21. The standard InChI is InChI=1S/C13H15N3O4S/c1-20-8-7-16-9-11(13(17)15-21(2,18)19)10-5-3-4-6-12(10)14-16/h3-6,9H,7-8H2,1-2H3/p+1. The second-order valence-electron chi connectivity index (χ2n) is 4.52. The van der Waals surface area contributed by atoms with E-state index < -0.39 is 15.9 Å². The second-order valence-corrected chi connectivity index (χ2v) is 6.27. The van der Waals surface area contributed by atoms with Crippen molar-refractivity contribution in [2.45, 2.75) is 6.54 Å². The number of sulfonamides is 1. The molecule has 0 fully saturated rings. The fourth-order valence-electron chi connectivity index (χ4n) is 1.88. The summed E-state index contributed by atoms with van der Waals surface area (Å²) in [6.45, 7) is 0.892. The molecule has 0 unspecified atom stereocenters. The van der Waals surface area contributed by atoms with Crippen molar-refractivity contribution in [2.75, 3.05) is 20.0 Å². The SMILES string of the molecule is COCC[n+]1cc(C(=O)NS(C)(=O)=O)c2ccccc2n1. The molecule has 0 spiro atoms. The van der Waals surface area contributed by atoms with Crippen molar-refractivity contribution in [3.63, 3.8) is 0 Å². The summed E-state index contributed by atoms with van der Waals surface area (Å²) < 4.78 is 31.0. The number of methoxy groups -OCH3 is 1. The van der Waals surface area contributed by atoms with Crippen LogP contribution >= 0.6 is 0 Å². The van der Waals surface area contributed by atoms with Crippen LogP contribution in [0.1, 0.15) is 10.4 Å². The molecule has 7 nitrogen and oxygen atoms in total. The largest absolute Gasteiger partial charge is 0.378 e. The molecule has 0 radical (unpaired) electrons. The van der Waals surface area contributed by atoms with Crippen LogP contribution in [-0.4, -0.2) is 39.4 Å². The molecule has 0 aliphatic carbocycles. The van der Waals surface area contributed by atoms with Crippen molar-refractivity contribution >= 4 is 26.8 Å². The number of hydrogen-bond acceptors (Lipinski definition) is 5. The van der Waals surface area contributed by atoms with Crippen LogP contribution < -0.4 is 9.40 Å². The molecule has 2 aromatic rings. The van der Waals surface area contributed by atoms with Gasteiger partial charge >= 0.3 is 0 Å². The molecule has 0 aliphatic heterocycles. The van der Waals surface area contributed by atoms with E-state index in [-0.39, 0.29) is 5.56 Å². The molecular weight excluding hydrogens is 294 g/mol. The summed E-state index contributed by atoms with van der Waals surface area (Å²) in [5.41, 5.74) is 0.858. The smallest absolute Gasteiger partial charge is 0.271 e. The second kappa shape index (κ2) is 6.15. The van der Waals surface area contributed by atoms with E-state index in [0.717, 1.165) is 6.26 Å². The van der Waals surface area contributed by atoms with Gasteiger partial charge in [0.2, 0.25) is 16.2 Å². The Hall–Kier alpha value is -2.06. The summed E-state index contributed by atoms with van der Waals surface area (Å²) in [6, 6.07) is 7.05. The third-order valence-electron chi connectivity index (χ3n) is 2.76. The number of rotatable bonds is 5.